The van der Waals surface area contributed by atoms with E-state index in [9.17, 15) is 0 Å². The number of nitrogens with zero attached hydrogens (tertiary/aromatic N) is 2. The molecule has 1 N–H and O–H groups in total. The van der Waals surface area contributed by atoms with Crippen LogP contribution in [-0.4, -0.2) is 16.3 Å². The summed E-state index contributed by atoms with van der Waals surface area (Å²) in [4.78, 5) is 2.36. The van der Waals surface area contributed by atoms with Gasteiger partial charge in [0.15, 0.2) is 0 Å². The molecule has 19 heavy (non-hydrogen) atoms. The Morgan fingerprint density at radius 3 is 2.95 bits per heavy atom. The molecule has 0 aliphatic heterocycles. The lowest BCUT2D eigenvalue weighted by atomic mass is 10.2. The van der Waals surface area contributed by atoms with Crippen LogP contribution in [-0.2, 0) is 13.6 Å². The van der Waals surface area contributed by atoms with Gasteiger partial charge in [0.05, 0.1) is 11.1 Å². The molecular formula is C14H18ClN3S. The zero-order valence-corrected chi connectivity index (χ0v) is 12.8. The normalized spacial score (nSPS) is 10.9. The summed E-state index contributed by atoms with van der Waals surface area (Å²) in [6, 6.07) is 6.04. The Kier molecular flexibility index (Phi) is 5.31. The van der Waals surface area contributed by atoms with E-state index in [1.165, 1.54) is 10.5 Å². The Morgan fingerprint density at radius 1 is 1.42 bits per heavy atom. The van der Waals surface area contributed by atoms with E-state index >= 15 is 0 Å². The number of hydrogen-bond acceptors (Lipinski definition) is 3. The van der Waals surface area contributed by atoms with Gasteiger partial charge in [-0.25, -0.2) is 0 Å². The highest BCUT2D eigenvalue weighted by atomic mass is 35.5. The van der Waals surface area contributed by atoms with Gasteiger partial charge in [0, 0.05) is 29.7 Å². The average Bonchev–Trinajstić information content (AvgIpc) is 2.78. The third-order valence-corrected chi connectivity index (χ3v) is 3.97. The second kappa shape index (κ2) is 6.98. The lowest BCUT2D eigenvalue weighted by Crippen LogP contribution is -2.14. The first-order chi connectivity index (χ1) is 9.19. The topological polar surface area (TPSA) is 29.9 Å². The number of aromatic nitrogens is 2. The van der Waals surface area contributed by atoms with Crippen molar-refractivity contribution < 1.29 is 0 Å². The molecule has 5 heteroatoms. The van der Waals surface area contributed by atoms with Gasteiger partial charge in [-0.1, -0.05) is 30.3 Å². The molecule has 102 valence electrons. The Hall–Kier alpha value is -0.970. The van der Waals surface area contributed by atoms with Crippen LogP contribution in [0.2, 0.25) is 5.02 Å². The van der Waals surface area contributed by atoms with Gasteiger partial charge in [0.1, 0.15) is 0 Å². The Balaban J connectivity index is 2.14. The fraction of sp³-hybridized carbons (Fsp3) is 0.357. The number of nitrogens with one attached hydrogen (secondary N) is 1. The van der Waals surface area contributed by atoms with E-state index < -0.39 is 0 Å². The first kappa shape index (κ1) is 14.4. The molecule has 0 spiro atoms. The van der Waals surface area contributed by atoms with E-state index in [4.69, 9.17) is 11.6 Å². The van der Waals surface area contributed by atoms with Crippen molar-refractivity contribution in [3.8, 4) is 0 Å². The van der Waals surface area contributed by atoms with E-state index in [2.05, 4.69) is 23.4 Å². The van der Waals surface area contributed by atoms with E-state index in [-0.39, 0.29) is 0 Å². The second-order valence-corrected chi connectivity index (χ2v) is 5.93. The van der Waals surface area contributed by atoms with Crippen molar-refractivity contribution in [1.29, 1.82) is 0 Å². The molecule has 0 radical (unpaired) electrons. The van der Waals surface area contributed by atoms with Crippen molar-refractivity contribution in [3.63, 3.8) is 0 Å². The molecule has 0 atom stereocenters. The largest absolute Gasteiger partial charge is 0.313 e. The molecule has 0 saturated carbocycles. The van der Waals surface area contributed by atoms with Crippen molar-refractivity contribution in [1.82, 2.24) is 15.1 Å². The Morgan fingerprint density at radius 2 is 2.26 bits per heavy atom. The maximum Gasteiger partial charge on any atom is 0.0629 e. The maximum absolute atomic E-state index is 6.08. The predicted molar refractivity (Wildman–Crippen MR) is 80.8 cm³/mol. The molecule has 0 bridgehead atoms. The van der Waals surface area contributed by atoms with Crippen LogP contribution in [0.4, 0.5) is 0 Å². The average molecular weight is 296 g/mol. The Labute approximate surface area is 123 Å². The minimum Gasteiger partial charge on any atom is -0.313 e. The van der Waals surface area contributed by atoms with Gasteiger partial charge < -0.3 is 5.32 Å². The molecule has 0 saturated heterocycles. The monoisotopic (exact) mass is 295 g/mol. The van der Waals surface area contributed by atoms with Crippen molar-refractivity contribution in [2.45, 2.75) is 29.7 Å². The van der Waals surface area contributed by atoms with Crippen LogP contribution in [0.15, 0.2) is 40.4 Å². The quantitative estimate of drug-likeness (QED) is 0.824. The van der Waals surface area contributed by atoms with Crippen LogP contribution in [0.3, 0.4) is 0 Å². The summed E-state index contributed by atoms with van der Waals surface area (Å²) in [6.07, 6.45) is 5.02. The van der Waals surface area contributed by atoms with Gasteiger partial charge in [-0.05, 0) is 36.7 Å². The van der Waals surface area contributed by atoms with Gasteiger partial charge in [0.2, 0.25) is 0 Å². The van der Waals surface area contributed by atoms with Crippen LogP contribution < -0.4 is 5.32 Å². The molecule has 0 amide bonds. The molecule has 2 aromatic rings. The molecule has 1 aromatic carbocycles. The van der Waals surface area contributed by atoms with Gasteiger partial charge in [0.25, 0.3) is 0 Å². The van der Waals surface area contributed by atoms with Gasteiger partial charge >= 0.3 is 0 Å². The highest BCUT2D eigenvalue weighted by molar-refractivity contribution is 7.99. The summed E-state index contributed by atoms with van der Waals surface area (Å²) >= 11 is 7.80. The number of aryl methyl sites for hydroxylation is 1. The molecule has 0 fully saturated rings. The van der Waals surface area contributed by atoms with Crippen LogP contribution in [0.25, 0.3) is 0 Å². The summed E-state index contributed by atoms with van der Waals surface area (Å²) in [5.41, 5.74) is 1.23. The zero-order valence-electron chi connectivity index (χ0n) is 11.2. The van der Waals surface area contributed by atoms with Crippen molar-refractivity contribution >= 4 is 23.4 Å². The first-order valence-electron chi connectivity index (χ1n) is 6.34. The van der Waals surface area contributed by atoms with Crippen molar-refractivity contribution in [3.05, 3.63) is 41.2 Å². The molecule has 0 unspecified atom stereocenters. The highest BCUT2D eigenvalue weighted by Crippen LogP contribution is 2.31. The van der Waals surface area contributed by atoms with Crippen LogP contribution in [0.5, 0.6) is 0 Å². The van der Waals surface area contributed by atoms with E-state index in [0.717, 1.165) is 29.4 Å². The third-order valence-electron chi connectivity index (χ3n) is 2.67. The lowest BCUT2D eigenvalue weighted by molar-refractivity contribution is 0.669. The first-order valence-corrected chi connectivity index (χ1v) is 7.54. The highest BCUT2D eigenvalue weighted by Gasteiger charge is 2.06. The second-order valence-electron chi connectivity index (χ2n) is 4.38. The fourth-order valence-corrected chi connectivity index (χ4v) is 2.92. The third kappa shape index (κ3) is 4.27. The van der Waals surface area contributed by atoms with E-state index in [1.807, 2.05) is 36.3 Å². The van der Waals surface area contributed by atoms with Crippen LogP contribution >= 0.6 is 23.4 Å². The number of hydrogen-bond donors (Lipinski definition) is 1. The molecule has 1 heterocycles. The standard InChI is InChI=1S/C14H18ClN3S/c1-3-6-16-8-11-7-12(15)4-5-14(11)19-13-9-17-18(2)10-13/h4-5,7,9-10,16H,3,6,8H2,1-2H3. The van der Waals surface area contributed by atoms with Gasteiger partial charge in [-0.2, -0.15) is 5.10 Å². The van der Waals surface area contributed by atoms with E-state index in [1.54, 1.807) is 11.8 Å². The van der Waals surface area contributed by atoms with Crippen LogP contribution in [0, 0.1) is 0 Å². The maximum atomic E-state index is 6.08. The van der Waals surface area contributed by atoms with E-state index in [0.29, 0.717) is 0 Å². The molecule has 0 aliphatic rings. The summed E-state index contributed by atoms with van der Waals surface area (Å²) in [5.74, 6) is 0. The van der Waals surface area contributed by atoms with Crippen LogP contribution in [0.1, 0.15) is 18.9 Å². The van der Waals surface area contributed by atoms with Crippen molar-refractivity contribution in [2.24, 2.45) is 7.05 Å². The predicted octanol–water partition coefficient (Wildman–Crippen LogP) is 3.72. The summed E-state index contributed by atoms with van der Waals surface area (Å²) < 4.78 is 1.81. The number of halogens is 1. The molecule has 1 aromatic heterocycles. The molecule has 3 nitrogen and oxygen atoms in total. The molecular weight excluding hydrogens is 278 g/mol. The van der Waals surface area contributed by atoms with Crippen molar-refractivity contribution in [2.75, 3.05) is 6.54 Å². The van der Waals surface area contributed by atoms with Gasteiger partial charge in [-0.3, -0.25) is 4.68 Å². The summed E-state index contributed by atoms with van der Waals surface area (Å²) in [6.45, 7) is 4.02. The number of benzene rings is 1. The summed E-state index contributed by atoms with van der Waals surface area (Å²) in [5, 5.41) is 8.39. The Bertz CT molecular complexity index is 539. The molecule has 2 rings (SSSR count). The smallest absolute Gasteiger partial charge is 0.0629 e. The minimum atomic E-state index is 0.781. The fourth-order valence-electron chi connectivity index (χ4n) is 1.76. The number of rotatable bonds is 6. The lowest BCUT2D eigenvalue weighted by Gasteiger charge is -2.09. The SMILES string of the molecule is CCCNCc1cc(Cl)ccc1Sc1cnn(C)c1. The van der Waals surface area contributed by atoms with Gasteiger partial charge in [-0.15, -0.1) is 0 Å². The minimum absolute atomic E-state index is 0.781. The molecule has 0 aliphatic carbocycles. The zero-order chi connectivity index (χ0) is 13.7. The summed E-state index contributed by atoms with van der Waals surface area (Å²) in [7, 11) is 1.93.